The Bertz CT molecular complexity index is 362. The highest BCUT2D eigenvalue weighted by atomic mass is 31.2. The van der Waals surface area contributed by atoms with Crippen molar-refractivity contribution in [2.45, 2.75) is 71.1 Å². The van der Waals surface area contributed by atoms with Crippen LogP contribution in [0.25, 0.3) is 0 Å². The lowest BCUT2D eigenvalue weighted by Crippen LogP contribution is -2.49. The molecule has 0 rings (SSSR count). The van der Waals surface area contributed by atoms with Crippen LogP contribution < -0.4 is 0 Å². The van der Waals surface area contributed by atoms with E-state index in [1.54, 1.807) is 0 Å². The Morgan fingerprint density at radius 2 is 1.27 bits per heavy atom. The summed E-state index contributed by atoms with van der Waals surface area (Å²) < 4.78 is 17.7. The van der Waals surface area contributed by atoms with Crippen molar-refractivity contribution in [1.29, 1.82) is 0 Å². The quantitative estimate of drug-likeness (QED) is 0.177. The molecule has 0 spiro atoms. The van der Waals surface area contributed by atoms with Crippen LogP contribution in [0.5, 0.6) is 0 Å². The van der Waals surface area contributed by atoms with Gasteiger partial charge in [-0.05, 0) is 6.42 Å². The molecule has 1 unspecified atom stereocenters. The molecular weight excluding hydrogens is 353 g/mol. The summed E-state index contributed by atoms with van der Waals surface area (Å²) in [6, 6.07) is 0. The fourth-order valence-corrected chi connectivity index (χ4v) is 4.33. The summed E-state index contributed by atoms with van der Waals surface area (Å²) in [6.45, 7) is 3.87. The molecule has 158 valence electrons. The summed E-state index contributed by atoms with van der Waals surface area (Å²) in [5, 5.41) is 18.2. The second-order valence-corrected chi connectivity index (χ2v) is 9.59. The molecule has 0 aliphatic rings. The Morgan fingerprint density at radius 3 is 1.73 bits per heavy atom. The first-order chi connectivity index (χ1) is 12.4. The van der Waals surface area contributed by atoms with E-state index in [1.807, 2.05) is 7.05 Å². The van der Waals surface area contributed by atoms with Gasteiger partial charge in [0.15, 0.2) is 0 Å². The molecule has 0 bridgehead atoms. The van der Waals surface area contributed by atoms with Crippen molar-refractivity contribution in [3.8, 4) is 0 Å². The lowest BCUT2D eigenvalue weighted by atomic mass is 10.1. The van der Waals surface area contributed by atoms with E-state index >= 15 is 0 Å². The van der Waals surface area contributed by atoms with Crippen LogP contribution in [-0.4, -0.2) is 72.3 Å². The van der Waals surface area contributed by atoms with E-state index in [1.165, 1.54) is 44.9 Å². The lowest BCUT2D eigenvalue weighted by molar-refractivity contribution is -0.907. The monoisotopic (exact) mass is 396 g/mol. The predicted molar refractivity (Wildman–Crippen MR) is 107 cm³/mol. The van der Waals surface area contributed by atoms with E-state index in [-0.39, 0.29) is 19.4 Å². The zero-order chi connectivity index (χ0) is 19.7. The van der Waals surface area contributed by atoms with Crippen LogP contribution in [0, 0.1) is 0 Å². The van der Waals surface area contributed by atoms with Crippen molar-refractivity contribution in [2.24, 2.45) is 0 Å². The van der Waals surface area contributed by atoms with E-state index in [0.717, 1.165) is 19.3 Å². The molecule has 7 heteroatoms. The number of aliphatic hydroxyl groups excluding tert-OH is 2. The van der Waals surface area contributed by atoms with Gasteiger partial charge in [0.1, 0.15) is 13.1 Å². The summed E-state index contributed by atoms with van der Waals surface area (Å²) in [7, 11) is -1.72. The summed E-state index contributed by atoms with van der Waals surface area (Å²) in [6.07, 6.45) is 12.2. The number of aliphatic hydroxyl groups is 2. The van der Waals surface area contributed by atoms with Gasteiger partial charge in [-0.25, -0.2) is 0 Å². The first-order valence-corrected chi connectivity index (χ1v) is 12.2. The molecule has 26 heavy (non-hydrogen) atoms. The molecule has 0 amide bonds. The SMILES string of the molecule is CCCCCCCCCCCCOP(=O)(O)CC[N+](C)(CCO)CCO. The molecule has 3 N–H and O–H groups in total. The number of unbranched alkanes of at least 4 members (excludes halogenated alkanes) is 9. The van der Waals surface area contributed by atoms with E-state index in [4.69, 9.17) is 14.7 Å². The molecule has 0 saturated heterocycles. The van der Waals surface area contributed by atoms with Crippen molar-refractivity contribution in [3.63, 3.8) is 0 Å². The molecular formula is C19H43NO5P+. The van der Waals surface area contributed by atoms with E-state index < -0.39 is 7.60 Å². The third kappa shape index (κ3) is 15.1. The van der Waals surface area contributed by atoms with Crippen molar-refractivity contribution >= 4 is 7.60 Å². The Balaban J connectivity index is 3.72. The molecule has 0 aliphatic carbocycles. The van der Waals surface area contributed by atoms with Crippen molar-refractivity contribution in [2.75, 3.05) is 52.7 Å². The van der Waals surface area contributed by atoms with Crippen LogP contribution in [0.3, 0.4) is 0 Å². The van der Waals surface area contributed by atoms with Crippen molar-refractivity contribution in [3.05, 3.63) is 0 Å². The van der Waals surface area contributed by atoms with Gasteiger partial charge in [0.25, 0.3) is 0 Å². The standard InChI is InChI=1S/C19H42NO5P/c1-3-4-5-6-7-8-9-10-11-12-18-25-26(23,24)19-15-20(2,13-16-21)14-17-22/h21-22H,3-19H2,1-2H3/p+1. The highest BCUT2D eigenvalue weighted by Gasteiger charge is 2.27. The Labute approximate surface area is 160 Å². The summed E-state index contributed by atoms with van der Waals surface area (Å²) in [5.74, 6) is 0. The molecule has 0 aromatic heterocycles. The third-order valence-corrected chi connectivity index (χ3v) is 6.34. The number of likely N-dealkylation sites (N-methyl/N-ethyl adjacent to an activating group) is 1. The van der Waals surface area contributed by atoms with E-state index in [0.29, 0.717) is 30.7 Å². The number of rotatable bonds is 19. The topological polar surface area (TPSA) is 87.0 Å². The predicted octanol–water partition coefficient (Wildman–Crippen LogP) is 3.54. The molecule has 0 saturated carbocycles. The van der Waals surface area contributed by atoms with Gasteiger partial charge in [0.2, 0.25) is 0 Å². The number of hydrogen-bond acceptors (Lipinski definition) is 4. The maximum Gasteiger partial charge on any atom is 0.333 e. The molecule has 0 aromatic carbocycles. The van der Waals surface area contributed by atoms with Crippen molar-refractivity contribution < 1.29 is 28.7 Å². The van der Waals surface area contributed by atoms with Gasteiger partial charge < -0.3 is 24.1 Å². The Hall–Kier alpha value is 0.0300. The van der Waals surface area contributed by atoms with Crippen LogP contribution in [0.4, 0.5) is 0 Å². The molecule has 1 atom stereocenters. The number of hydrogen-bond donors (Lipinski definition) is 3. The number of quaternary nitrogens is 1. The normalized spacial score (nSPS) is 14.5. The largest absolute Gasteiger partial charge is 0.391 e. The van der Waals surface area contributed by atoms with Crippen molar-refractivity contribution in [1.82, 2.24) is 0 Å². The summed E-state index contributed by atoms with van der Waals surface area (Å²) >= 11 is 0. The molecule has 0 fully saturated rings. The smallest absolute Gasteiger partial charge is 0.333 e. The zero-order valence-corrected chi connectivity index (χ0v) is 18.0. The second-order valence-electron chi connectivity index (χ2n) is 7.61. The van der Waals surface area contributed by atoms with Gasteiger partial charge in [0, 0.05) is 0 Å². The minimum absolute atomic E-state index is 0.00824. The zero-order valence-electron chi connectivity index (χ0n) is 17.1. The average Bonchev–Trinajstić information content (AvgIpc) is 2.59. The van der Waals surface area contributed by atoms with Gasteiger partial charge >= 0.3 is 7.60 Å². The first kappa shape index (κ1) is 26.0. The maximum atomic E-state index is 12.1. The average molecular weight is 397 g/mol. The van der Waals surface area contributed by atoms with Gasteiger partial charge in [-0.2, -0.15) is 0 Å². The highest BCUT2D eigenvalue weighted by molar-refractivity contribution is 7.52. The summed E-state index contributed by atoms with van der Waals surface area (Å²) in [4.78, 5) is 9.96. The minimum Gasteiger partial charge on any atom is -0.391 e. The molecule has 0 radical (unpaired) electrons. The lowest BCUT2D eigenvalue weighted by Gasteiger charge is -2.33. The Kier molecular flexibility index (Phi) is 16.0. The van der Waals surface area contributed by atoms with E-state index in [2.05, 4.69) is 6.92 Å². The first-order valence-electron chi connectivity index (χ1n) is 10.4. The van der Waals surface area contributed by atoms with Crippen LogP contribution in [0.1, 0.15) is 71.1 Å². The van der Waals surface area contributed by atoms with Crippen LogP contribution in [0.2, 0.25) is 0 Å². The van der Waals surface area contributed by atoms with Crippen LogP contribution in [0.15, 0.2) is 0 Å². The summed E-state index contributed by atoms with van der Waals surface area (Å²) in [5.41, 5.74) is 0. The molecule has 0 aromatic rings. The molecule has 0 aliphatic heterocycles. The third-order valence-electron chi connectivity index (χ3n) is 4.99. The molecule has 0 heterocycles. The van der Waals surface area contributed by atoms with Crippen LogP contribution in [-0.2, 0) is 9.09 Å². The van der Waals surface area contributed by atoms with Gasteiger partial charge in [0.05, 0.1) is 39.6 Å². The van der Waals surface area contributed by atoms with Gasteiger partial charge in [-0.3, -0.25) is 4.57 Å². The molecule has 6 nitrogen and oxygen atoms in total. The van der Waals surface area contributed by atoms with Crippen LogP contribution >= 0.6 is 7.60 Å². The minimum atomic E-state index is -3.59. The Morgan fingerprint density at radius 1 is 0.808 bits per heavy atom. The second kappa shape index (κ2) is 16.0. The highest BCUT2D eigenvalue weighted by Crippen LogP contribution is 2.42. The van der Waals surface area contributed by atoms with Gasteiger partial charge in [-0.1, -0.05) is 64.7 Å². The van der Waals surface area contributed by atoms with Gasteiger partial charge in [-0.15, -0.1) is 0 Å². The number of nitrogens with zero attached hydrogens (tertiary/aromatic N) is 1. The fraction of sp³-hybridized carbons (Fsp3) is 1.00. The van der Waals surface area contributed by atoms with E-state index in [9.17, 15) is 9.46 Å². The fourth-order valence-electron chi connectivity index (χ4n) is 3.05. The maximum absolute atomic E-state index is 12.1.